The number of nitrogens with zero attached hydrogens (tertiary/aromatic N) is 2. The summed E-state index contributed by atoms with van der Waals surface area (Å²) in [5.41, 5.74) is 7.12. The molecule has 3 amide bonds. The molecule has 2 aromatic carbocycles. The van der Waals surface area contributed by atoms with Gasteiger partial charge in [0.05, 0.1) is 17.0 Å². The summed E-state index contributed by atoms with van der Waals surface area (Å²) >= 11 is 0. The van der Waals surface area contributed by atoms with Crippen molar-refractivity contribution in [2.45, 2.75) is 44.9 Å². The quantitative estimate of drug-likeness (QED) is 0.471. The molecule has 1 aliphatic heterocycles. The Morgan fingerprint density at radius 2 is 1.84 bits per heavy atom. The molecule has 0 spiro atoms. The normalized spacial score (nSPS) is 16.8. The molecule has 0 aliphatic carbocycles. The number of primary amides is 1. The smallest absolute Gasteiger partial charge is 0.369 e. The van der Waals surface area contributed by atoms with Crippen molar-refractivity contribution >= 4 is 29.1 Å². The number of hydrogen-bond acceptors (Lipinski definition) is 5. The molecule has 0 bridgehead atoms. The highest BCUT2D eigenvalue weighted by atomic mass is 19.4. The molecule has 2 aromatic rings. The number of nitriles is 1. The van der Waals surface area contributed by atoms with Crippen LogP contribution < -0.4 is 16.4 Å². The van der Waals surface area contributed by atoms with Crippen LogP contribution in [0.4, 0.5) is 18.9 Å². The van der Waals surface area contributed by atoms with Crippen molar-refractivity contribution in [1.82, 2.24) is 5.32 Å². The molecule has 11 heteroatoms. The lowest BCUT2D eigenvalue weighted by atomic mass is 9.83. The Balaban J connectivity index is 2.02. The SMILES string of the molecule is CCC[C@H](C(N)=O)[C@@H](CCC(F)(F)F)C(=O)N[C@H]1N=C(c2ccccc2)c2cccc(C#N)c2NC1=O. The lowest BCUT2D eigenvalue weighted by Gasteiger charge is -2.25. The number of nitrogens with one attached hydrogen (secondary N) is 2. The van der Waals surface area contributed by atoms with Gasteiger partial charge in [0.1, 0.15) is 6.07 Å². The minimum absolute atomic E-state index is 0.109. The number of carbonyl (C=O) groups is 3. The predicted molar refractivity (Wildman–Crippen MR) is 130 cm³/mol. The maximum Gasteiger partial charge on any atom is 0.389 e. The van der Waals surface area contributed by atoms with E-state index >= 15 is 0 Å². The average molecular weight is 514 g/mol. The summed E-state index contributed by atoms with van der Waals surface area (Å²) in [5.74, 6) is -5.19. The van der Waals surface area contributed by atoms with Crippen LogP contribution in [0.1, 0.15) is 49.3 Å². The Hall–Kier alpha value is -4.20. The summed E-state index contributed by atoms with van der Waals surface area (Å²) < 4.78 is 39.0. The highest BCUT2D eigenvalue weighted by molar-refractivity contribution is 6.20. The van der Waals surface area contributed by atoms with Gasteiger partial charge in [-0.2, -0.15) is 18.4 Å². The van der Waals surface area contributed by atoms with Crippen molar-refractivity contribution in [2.75, 3.05) is 5.32 Å². The Morgan fingerprint density at radius 3 is 2.43 bits per heavy atom. The first-order chi connectivity index (χ1) is 17.6. The van der Waals surface area contributed by atoms with Gasteiger partial charge in [0.15, 0.2) is 0 Å². The number of para-hydroxylation sites is 1. The molecule has 0 saturated carbocycles. The van der Waals surface area contributed by atoms with Crippen molar-refractivity contribution in [1.29, 1.82) is 5.26 Å². The number of anilines is 1. The zero-order valence-electron chi connectivity index (χ0n) is 20.0. The number of benzene rings is 2. The lowest BCUT2D eigenvalue weighted by Crippen LogP contribution is -2.48. The minimum atomic E-state index is -4.55. The van der Waals surface area contributed by atoms with Crippen molar-refractivity contribution in [3.05, 3.63) is 65.2 Å². The largest absolute Gasteiger partial charge is 0.389 e. The van der Waals surface area contributed by atoms with Gasteiger partial charge in [-0.05, 0) is 18.9 Å². The van der Waals surface area contributed by atoms with E-state index in [0.717, 1.165) is 0 Å². The Morgan fingerprint density at radius 1 is 1.14 bits per heavy atom. The average Bonchev–Trinajstić information content (AvgIpc) is 2.99. The van der Waals surface area contributed by atoms with E-state index < -0.39 is 54.7 Å². The number of fused-ring (bicyclic) bond motifs is 1. The molecule has 3 atom stereocenters. The summed E-state index contributed by atoms with van der Waals surface area (Å²) in [6.07, 6.45) is -7.55. The van der Waals surface area contributed by atoms with Crippen LogP contribution >= 0.6 is 0 Å². The van der Waals surface area contributed by atoms with Gasteiger partial charge in [-0.1, -0.05) is 55.8 Å². The molecular formula is C26H26F3N5O3. The van der Waals surface area contributed by atoms with Gasteiger partial charge in [0, 0.05) is 29.4 Å². The first-order valence-corrected chi connectivity index (χ1v) is 11.7. The van der Waals surface area contributed by atoms with Crippen LogP contribution in [-0.4, -0.2) is 35.8 Å². The molecule has 4 N–H and O–H groups in total. The summed E-state index contributed by atoms with van der Waals surface area (Å²) in [6, 6.07) is 15.5. The second-order valence-electron chi connectivity index (χ2n) is 8.64. The summed E-state index contributed by atoms with van der Waals surface area (Å²) in [5, 5.41) is 14.6. The maximum absolute atomic E-state index is 13.3. The highest BCUT2D eigenvalue weighted by Gasteiger charge is 2.38. The van der Waals surface area contributed by atoms with Crippen molar-refractivity contribution < 1.29 is 27.6 Å². The molecule has 0 unspecified atom stereocenters. The van der Waals surface area contributed by atoms with E-state index in [9.17, 15) is 32.8 Å². The molecule has 0 radical (unpaired) electrons. The van der Waals surface area contributed by atoms with Gasteiger partial charge in [0.25, 0.3) is 5.91 Å². The van der Waals surface area contributed by atoms with E-state index in [2.05, 4.69) is 15.6 Å². The summed E-state index contributed by atoms with van der Waals surface area (Å²) in [7, 11) is 0. The lowest BCUT2D eigenvalue weighted by molar-refractivity contribution is -0.146. The van der Waals surface area contributed by atoms with E-state index in [1.165, 1.54) is 6.07 Å². The van der Waals surface area contributed by atoms with E-state index in [4.69, 9.17) is 5.73 Å². The number of benzodiazepines with no additional fused rings is 1. The van der Waals surface area contributed by atoms with Gasteiger partial charge in [-0.3, -0.25) is 14.4 Å². The number of aliphatic imine (C=N–C) groups is 1. The summed E-state index contributed by atoms with van der Waals surface area (Å²) in [4.78, 5) is 42.9. The number of alkyl halides is 3. The second-order valence-corrected chi connectivity index (χ2v) is 8.64. The molecule has 8 nitrogen and oxygen atoms in total. The second kappa shape index (κ2) is 11.7. The van der Waals surface area contributed by atoms with Crippen LogP contribution in [0.25, 0.3) is 0 Å². The van der Waals surface area contributed by atoms with Crippen LogP contribution in [0, 0.1) is 23.2 Å². The molecule has 3 rings (SSSR count). The van der Waals surface area contributed by atoms with E-state index in [1.54, 1.807) is 49.4 Å². The van der Waals surface area contributed by atoms with E-state index in [1.807, 2.05) is 6.07 Å². The molecule has 1 aliphatic rings. The third kappa shape index (κ3) is 6.73. The summed E-state index contributed by atoms with van der Waals surface area (Å²) in [6.45, 7) is 1.72. The first kappa shape index (κ1) is 27.4. The molecule has 0 saturated heterocycles. The fraction of sp³-hybridized carbons (Fsp3) is 0.346. The number of nitrogens with two attached hydrogens (primary N) is 1. The number of amides is 3. The van der Waals surface area contributed by atoms with Crippen molar-refractivity contribution in [3.8, 4) is 6.07 Å². The number of halogens is 3. The zero-order chi connectivity index (χ0) is 27.2. The molecule has 0 aromatic heterocycles. The number of rotatable bonds is 9. The van der Waals surface area contributed by atoms with Crippen LogP contribution in [0.2, 0.25) is 0 Å². The van der Waals surface area contributed by atoms with Gasteiger partial charge in [0.2, 0.25) is 18.0 Å². The standard InChI is InChI=1S/C26H26F3N5O3/c1-2-7-17(22(31)35)18(12-13-26(27,28)29)24(36)34-23-25(37)33-21-16(14-30)10-6-11-19(21)20(32-23)15-8-4-3-5-9-15/h3-6,8-11,17-18,23H,2,7,12-13H2,1H3,(H2,31,35)(H,33,37)(H,34,36)/t17-,18+,23+/m0/s1. The topological polar surface area (TPSA) is 137 Å². The molecule has 194 valence electrons. The van der Waals surface area contributed by atoms with Crippen LogP contribution in [0.15, 0.2) is 53.5 Å². The third-order valence-electron chi connectivity index (χ3n) is 6.05. The van der Waals surface area contributed by atoms with Crippen molar-refractivity contribution in [2.24, 2.45) is 22.6 Å². The van der Waals surface area contributed by atoms with E-state index in [0.29, 0.717) is 23.3 Å². The molecule has 37 heavy (non-hydrogen) atoms. The fourth-order valence-corrected chi connectivity index (χ4v) is 4.28. The van der Waals surface area contributed by atoms with Crippen LogP contribution in [0.3, 0.4) is 0 Å². The minimum Gasteiger partial charge on any atom is -0.369 e. The van der Waals surface area contributed by atoms with Crippen molar-refractivity contribution in [3.63, 3.8) is 0 Å². The third-order valence-corrected chi connectivity index (χ3v) is 6.05. The Bertz CT molecular complexity index is 1240. The fourth-order valence-electron chi connectivity index (χ4n) is 4.28. The highest BCUT2D eigenvalue weighted by Crippen LogP contribution is 2.31. The Kier molecular flexibility index (Phi) is 8.65. The number of carbonyl (C=O) groups excluding carboxylic acids is 3. The van der Waals surface area contributed by atoms with Gasteiger partial charge in [-0.25, -0.2) is 4.99 Å². The first-order valence-electron chi connectivity index (χ1n) is 11.7. The Labute approximate surface area is 211 Å². The van der Waals surface area contributed by atoms with Gasteiger partial charge < -0.3 is 16.4 Å². The zero-order valence-corrected chi connectivity index (χ0v) is 20.0. The predicted octanol–water partition coefficient (Wildman–Crippen LogP) is 3.65. The molecular weight excluding hydrogens is 487 g/mol. The van der Waals surface area contributed by atoms with Gasteiger partial charge >= 0.3 is 6.18 Å². The van der Waals surface area contributed by atoms with Crippen LogP contribution in [0.5, 0.6) is 0 Å². The number of hydrogen-bond donors (Lipinski definition) is 3. The maximum atomic E-state index is 13.3. The molecule has 0 fully saturated rings. The van der Waals surface area contributed by atoms with E-state index in [-0.39, 0.29) is 17.7 Å². The van der Waals surface area contributed by atoms with Crippen LogP contribution in [-0.2, 0) is 14.4 Å². The molecule has 1 heterocycles. The monoisotopic (exact) mass is 513 g/mol. The van der Waals surface area contributed by atoms with Gasteiger partial charge in [-0.15, -0.1) is 0 Å².